The molecule has 2 saturated heterocycles. The van der Waals surface area contributed by atoms with Gasteiger partial charge in [-0.25, -0.2) is 10.1 Å². The fraction of sp³-hybridized carbons (Fsp3) is 0.815. The van der Waals surface area contributed by atoms with Crippen molar-refractivity contribution in [3.8, 4) is 0 Å². The van der Waals surface area contributed by atoms with Gasteiger partial charge in [0.25, 0.3) is 0 Å². The first-order valence-corrected chi connectivity index (χ1v) is 16.7. The van der Waals surface area contributed by atoms with E-state index in [1.807, 2.05) is 7.05 Å². The minimum atomic E-state index is -0.0455. The maximum Gasteiger partial charge on any atom is 0.0534 e. The first kappa shape index (κ1) is 30.7. The molecule has 0 saturated carbocycles. The van der Waals surface area contributed by atoms with Crippen molar-refractivity contribution in [2.24, 2.45) is 11.8 Å². The van der Waals surface area contributed by atoms with Crippen molar-refractivity contribution in [3.05, 3.63) is 29.7 Å². The van der Waals surface area contributed by atoms with E-state index in [0.29, 0.717) is 18.0 Å². The number of hydrogen-bond acceptors (Lipinski definition) is 7. The second kappa shape index (κ2) is 15.1. The van der Waals surface area contributed by atoms with E-state index < -0.39 is 0 Å². The highest BCUT2D eigenvalue weighted by molar-refractivity contribution is 8.27. The number of rotatable bonds is 13. The lowest BCUT2D eigenvalue weighted by molar-refractivity contribution is 0.104. The number of nitrogens with two attached hydrogens (primary N) is 1. The maximum atomic E-state index is 6.10. The first-order valence-electron chi connectivity index (χ1n) is 14.1. The highest BCUT2D eigenvalue weighted by Crippen LogP contribution is 2.26. The summed E-state index contributed by atoms with van der Waals surface area (Å²) in [7, 11) is 1.89. The largest absolute Gasteiger partial charge is 0.321 e. The molecular formula is C27H52N8S2. The Morgan fingerprint density at radius 1 is 1.08 bits per heavy atom. The summed E-state index contributed by atoms with van der Waals surface area (Å²) in [6.45, 7) is 20.1. The average molecular weight is 553 g/mol. The number of hydrogen-bond donors (Lipinski definition) is 1. The third-order valence-corrected chi connectivity index (χ3v) is 9.80. The molecular weight excluding hydrogens is 500 g/mol. The van der Waals surface area contributed by atoms with Crippen LogP contribution in [0.25, 0.3) is 0 Å². The Hall–Kier alpha value is -0.880. The molecule has 0 amide bonds. The molecule has 3 rings (SSSR count). The minimum absolute atomic E-state index is 0.0455. The topological polar surface area (TPSA) is 60.0 Å². The molecule has 0 aliphatic carbocycles. The predicted octanol–water partition coefficient (Wildman–Crippen LogP) is 2.71. The molecule has 0 radical (unpaired) electrons. The van der Waals surface area contributed by atoms with Crippen molar-refractivity contribution in [2.75, 3.05) is 72.2 Å². The lowest BCUT2D eigenvalue weighted by Crippen LogP contribution is -2.48. The standard InChI is InChI=1S/C27H52N8S2/c1-7-26(27(21-30(5)28)22-32-12-16-34(17-13-32)37(6)36)9-8-24(4)35-20-25(18-29-35)19-31-10-14-33(15-11-31)23(2)3/h18,20-21,23-24,26H,7-17,19,22,28H2,1-6H3/b27-21-. The summed E-state index contributed by atoms with van der Waals surface area (Å²) in [5.74, 6) is 6.62. The van der Waals surface area contributed by atoms with Gasteiger partial charge in [0.2, 0.25) is 0 Å². The molecule has 0 bridgehead atoms. The van der Waals surface area contributed by atoms with Crippen LogP contribution in [0, 0.1) is 5.92 Å². The van der Waals surface area contributed by atoms with Crippen LogP contribution in [0.1, 0.15) is 58.6 Å². The van der Waals surface area contributed by atoms with E-state index in [9.17, 15) is 0 Å². The summed E-state index contributed by atoms with van der Waals surface area (Å²) in [6, 6.07) is 1.03. The number of aromatic nitrogens is 2. The van der Waals surface area contributed by atoms with Crippen LogP contribution in [0.15, 0.2) is 24.2 Å². The van der Waals surface area contributed by atoms with Crippen LogP contribution in [0.2, 0.25) is 0 Å². The molecule has 3 unspecified atom stereocenters. The van der Waals surface area contributed by atoms with Gasteiger partial charge in [0.05, 0.1) is 6.20 Å². The molecule has 2 aliphatic heterocycles. The summed E-state index contributed by atoms with van der Waals surface area (Å²) in [4.78, 5) is 7.70. The van der Waals surface area contributed by atoms with Gasteiger partial charge in [-0.3, -0.25) is 19.4 Å². The van der Waals surface area contributed by atoms with Gasteiger partial charge in [0.1, 0.15) is 0 Å². The summed E-state index contributed by atoms with van der Waals surface area (Å²) < 4.78 is 4.61. The molecule has 3 atom stereocenters. The van der Waals surface area contributed by atoms with Gasteiger partial charge in [0, 0.05) is 109 Å². The van der Waals surface area contributed by atoms with E-state index in [1.54, 1.807) is 5.01 Å². The lowest BCUT2D eigenvalue weighted by Gasteiger charge is -2.36. The molecule has 212 valence electrons. The molecule has 2 N–H and O–H groups in total. The molecule has 1 aromatic heterocycles. The SMILES string of the molecule is CCC(CCC(C)n1cc(CN2CCN(C(C)C)CC2)cn1)/C(=C\N(C)N)CN1CCN(S(C)=S)CC1. The van der Waals surface area contributed by atoms with Crippen LogP contribution >= 0.6 is 0 Å². The molecule has 0 aromatic carbocycles. The zero-order valence-corrected chi connectivity index (χ0v) is 25.8. The van der Waals surface area contributed by atoms with Crippen molar-refractivity contribution in [2.45, 2.75) is 65.6 Å². The summed E-state index contributed by atoms with van der Waals surface area (Å²) in [5, 5.41) is 6.48. The third kappa shape index (κ3) is 9.67. The van der Waals surface area contributed by atoms with Crippen LogP contribution in [0.4, 0.5) is 0 Å². The smallest absolute Gasteiger partial charge is 0.0534 e. The molecule has 0 spiro atoms. The zero-order valence-electron chi connectivity index (χ0n) is 24.2. The third-order valence-electron chi connectivity index (χ3n) is 8.07. The second-order valence-corrected chi connectivity index (χ2v) is 14.1. The van der Waals surface area contributed by atoms with E-state index in [0.717, 1.165) is 84.7 Å². The Kier molecular flexibility index (Phi) is 12.5. The van der Waals surface area contributed by atoms with Crippen LogP contribution in [-0.2, 0) is 27.4 Å². The molecule has 2 aliphatic rings. The van der Waals surface area contributed by atoms with Crippen molar-refractivity contribution in [1.29, 1.82) is 0 Å². The Morgan fingerprint density at radius 2 is 1.73 bits per heavy atom. The van der Waals surface area contributed by atoms with Gasteiger partial charge in [0.15, 0.2) is 0 Å². The fourth-order valence-electron chi connectivity index (χ4n) is 5.56. The highest BCUT2D eigenvalue weighted by Gasteiger charge is 2.23. The summed E-state index contributed by atoms with van der Waals surface area (Å²) in [6.07, 6.45) is 12.0. The molecule has 1 aromatic rings. The van der Waals surface area contributed by atoms with Crippen LogP contribution in [-0.4, -0.2) is 112 Å². The number of piperazine rings is 2. The Morgan fingerprint density at radius 3 is 2.30 bits per heavy atom. The second-order valence-electron chi connectivity index (χ2n) is 11.3. The van der Waals surface area contributed by atoms with Gasteiger partial charge >= 0.3 is 0 Å². The molecule has 10 heteroatoms. The van der Waals surface area contributed by atoms with Crippen molar-refractivity contribution < 1.29 is 0 Å². The zero-order chi connectivity index (χ0) is 26.9. The minimum Gasteiger partial charge on any atom is -0.321 e. The Labute approximate surface area is 233 Å². The highest BCUT2D eigenvalue weighted by atomic mass is 32.8. The summed E-state index contributed by atoms with van der Waals surface area (Å²) in [5.41, 5.74) is 2.78. The van der Waals surface area contributed by atoms with E-state index in [1.165, 1.54) is 11.1 Å². The van der Waals surface area contributed by atoms with E-state index >= 15 is 0 Å². The van der Waals surface area contributed by atoms with Gasteiger partial charge in [-0.05, 0) is 62.7 Å². The Bertz CT molecular complexity index is 854. The van der Waals surface area contributed by atoms with Crippen LogP contribution in [0.5, 0.6) is 0 Å². The molecule has 3 heterocycles. The van der Waals surface area contributed by atoms with E-state index in [4.69, 9.17) is 22.1 Å². The molecule has 2 fully saturated rings. The average Bonchev–Trinajstić information content (AvgIpc) is 3.33. The van der Waals surface area contributed by atoms with Crippen molar-refractivity contribution in [3.63, 3.8) is 0 Å². The van der Waals surface area contributed by atoms with Gasteiger partial charge in [-0.1, -0.05) is 16.6 Å². The molecule has 8 nitrogen and oxygen atoms in total. The van der Waals surface area contributed by atoms with Crippen molar-refractivity contribution in [1.82, 2.24) is 33.8 Å². The quantitative estimate of drug-likeness (QED) is 0.296. The van der Waals surface area contributed by atoms with Crippen LogP contribution in [0.3, 0.4) is 0 Å². The lowest BCUT2D eigenvalue weighted by atomic mass is 9.90. The fourth-order valence-corrected chi connectivity index (χ4v) is 6.69. The van der Waals surface area contributed by atoms with Gasteiger partial charge in [-0.2, -0.15) is 5.10 Å². The number of hydrazine groups is 1. The van der Waals surface area contributed by atoms with E-state index in [-0.39, 0.29) is 9.64 Å². The maximum absolute atomic E-state index is 6.10. The predicted molar refractivity (Wildman–Crippen MR) is 161 cm³/mol. The Balaban J connectivity index is 1.51. The summed E-state index contributed by atoms with van der Waals surface area (Å²) >= 11 is 5.49. The van der Waals surface area contributed by atoms with Crippen LogP contribution < -0.4 is 5.84 Å². The first-order chi connectivity index (χ1) is 17.7. The monoisotopic (exact) mass is 552 g/mol. The normalized spacial score (nSPS) is 21.9. The van der Waals surface area contributed by atoms with Crippen molar-refractivity contribution >= 4 is 20.8 Å². The number of nitrogens with zero attached hydrogens (tertiary/aromatic N) is 7. The van der Waals surface area contributed by atoms with E-state index in [2.05, 4.69) is 76.2 Å². The molecule has 37 heavy (non-hydrogen) atoms. The van der Waals surface area contributed by atoms with Gasteiger partial charge < -0.3 is 5.01 Å². The van der Waals surface area contributed by atoms with Gasteiger partial charge in [-0.15, -0.1) is 0 Å².